The second kappa shape index (κ2) is 7.22. The molecule has 0 aliphatic heterocycles. The maximum Gasteiger partial charge on any atom is 0.125 e. The van der Waals surface area contributed by atoms with Gasteiger partial charge >= 0.3 is 0 Å². The minimum atomic E-state index is -0.207. The van der Waals surface area contributed by atoms with E-state index in [0.29, 0.717) is 0 Å². The van der Waals surface area contributed by atoms with Crippen molar-refractivity contribution < 1.29 is 8.81 Å². The molecule has 0 saturated heterocycles. The minimum absolute atomic E-state index is 0.0252. The topological polar surface area (TPSA) is 25.2 Å². The molecule has 0 amide bonds. The smallest absolute Gasteiger partial charge is 0.125 e. The first-order valence-corrected chi connectivity index (χ1v) is 8.00. The summed E-state index contributed by atoms with van der Waals surface area (Å²) < 4.78 is 20.1. The van der Waals surface area contributed by atoms with Crippen LogP contribution in [0.5, 0.6) is 0 Å². The molecule has 1 aromatic heterocycles. The van der Waals surface area contributed by atoms with E-state index in [-0.39, 0.29) is 11.9 Å². The normalized spacial score (nSPS) is 12.6. The van der Waals surface area contributed by atoms with Gasteiger partial charge in [-0.25, -0.2) is 4.39 Å². The van der Waals surface area contributed by atoms with E-state index in [4.69, 9.17) is 4.42 Å². The van der Waals surface area contributed by atoms with Crippen LogP contribution in [0.2, 0.25) is 0 Å². The van der Waals surface area contributed by atoms with Gasteiger partial charge in [0.2, 0.25) is 0 Å². The Kier molecular flexibility index (Phi) is 5.60. The summed E-state index contributed by atoms with van der Waals surface area (Å²) in [5.74, 6) is 1.65. The maximum absolute atomic E-state index is 13.3. The highest BCUT2D eigenvalue weighted by atomic mass is 127. The van der Waals surface area contributed by atoms with E-state index in [1.165, 1.54) is 6.07 Å². The standard InChI is InChI=1S/C16H19FINO/c1-3-9-19-16(15-8-6-12(4-2)20-15)13-7-5-11(17)10-14(13)18/h5-8,10,16,19H,3-4,9H2,1-2H3. The summed E-state index contributed by atoms with van der Waals surface area (Å²) in [4.78, 5) is 0. The van der Waals surface area contributed by atoms with Crippen LogP contribution in [0.3, 0.4) is 0 Å². The lowest BCUT2D eigenvalue weighted by molar-refractivity contribution is 0.421. The molecular formula is C16H19FINO. The third-order valence-electron chi connectivity index (χ3n) is 3.19. The summed E-state index contributed by atoms with van der Waals surface area (Å²) in [6.45, 7) is 5.08. The van der Waals surface area contributed by atoms with Gasteiger partial charge in [-0.1, -0.05) is 19.9 Å². The van der Waals surface area contributed by atoms with Crippen LogP contribution in [0.15, 0.2) is 34.7 Å². The van der Waals surface area contributed by atoms with Gasteiger partial charge in [-0.15, -0.1) is 0 Å². The third kappa shape index (κ3) is 3.61. The Morgan fingerprint density at radius 3 is 2.65 bits per heavy atom. The molecule has 4 heteroatoms. The van der Waals surface area contributed by atoms with E-state index in [0.717, 1.165) is 40.0 Å². The predicted molar refractivity (Wildman–Crippen MR) is 87.3 cm³/mol. The second-order valence-corrected chi connectivity index (χ2v) is 5.87. The molecule has 1 N–H and O–H groups in total. The monoisotopic (exact) mass is 387 g/mol. The zero-order valence-electron chi connectivity index (χ0n) is 11.7. The van der Waals surface area contributed by atoms with Crippen molar-refractivity contribution in [3.63, 3.8) is 0 Å². The molecule has 0 radical (unpaired) electrons. The van der Waals surface area contributed by atoms with Crippen LogP contribution in [0, 0.1) is 9.39 Å². The molecule has 1 aromatic carbocycles. The molecule has 0 fully saturated rings. The van der Waals surface area contributed by atoms with Gasteiger partial charge in [0.15, 0.2) is 0 Å². The van der Waals surface area contributed by atoms with Gasteiger partial charge in [0.1, 0.15) is 17.3 Å². The van der Waals surface area contributed by atoms with Crippen LogP contribution in [0.25, 0.3) is 0 Å². The van der Waals surface area contributed by atoms with E-state index >= 15 is 0 Å². The van der Waals surface area contributed by atoms with Crippen molar-refractivity contribution in [1.82, 2.24) is 5.32 Å². The zero-order valence-corrected chi connectivity index (χ0v) is 13.9. The minimum Gasteiger partial charge on any atom is -0.464 e. The van der Waals surface area contributed by atoms with Crippen LogP contribution in [0.4, 0.5) is 4.39 Å². The first kappa shape index (κ1) is 15.5. The first-order chi connectivity index (χ1) is 9.65. The number of aryl methyl sites for hydroxylation is 1. The van der Waals surface area contributed by atoms with Gasteiger partial charge in [0.05, 0.1) is 6.04 Å². The first-order valence-electron chi connectivity index (χ1n) is 6.92. The SMILES string of the molecule is CCCNC(c1ccc(CC)o1)c1ccc(F)cc1I. The summed E-state index contributed by atoms with van der Waals surface area (Å²) in [6.07, 6.45) is 1.91. The van der Waals surface area contributed by atoms with E-state index < -0.39 is 0 Å². The van der Waals surface area contributed by atoms with Gasteiger partial charge < -0.3 is 9.73 Å². The molecule has 2 nitrogen and oxygen atoms in total. The van der Waals surface area contributed by atoms with Crippen molar-refractivity contribution in [1.29, 1.82) is 0 Å². The highest BCUT2D eigenvalue weighted by molar-refractivity contribution is 14.1. The fourth-order valence-corrected chi connectivity index (χ4v) is 2.92. The lowest BCUT2D eigenvalue weighted by Crippen LogP contribution is -2.23. The summed E-state index contributed by atoms with van der Waals surface area (Å²) in [6, 6.07) is 8.88. The molecule has 1 atom stereocenters. The predicted octanol–water partition coefficient (Wildman–Crippen LogP) is 4.67. The number of benzene rings is 1. The molecule has 0 saturated carbocycles. The van der Waals surface area contributed by atoms with Gasteiger partial charge in [-0.2, -0.15) is 0 Å². The Hall–Kier alpha value is -0.880. The fourth-order valence-electron chi connectivity index (χ4n) is 2.13. The lowest BCUT2D eigenvalue weighted by Gasteiger charge is -2.18. The largest absolute Gasteiger partial charge is 0.464 e. The Bertz CT molecular complexity index is 567. The Morgan fingerprint density at radius 2 is 2.05 bits per heavy atom. The van der Waals surface area contributed by atoms with E-state index in [1.807, 2.05) is 18.2 Å². The number of rotatable bonds is 6. The molecule has 0 aliphatic carbocycles. The molecular weight excluding hydrogens is 368 g/mol. The van der Waals surface area contributed by atoms with Crippen molar-refractivity contribution in [3.05, 3.63) is 56.8 Å². The second-order valence-electron chi connectivity index (χ2n) is 4.71. The summed E-state index contributed by atoms with van der Waals surface area (Å²) in [5, 5.41) is 3.48. The van der Waals surface area contributed by atoms with Crippen LogP contribution < -0.4 is 5.32 Å². The average Bonchev–Trinajstić information content (AvgIpc) is 2.90. The Labute approximate surface area is 132 Å². The van der Waals surface area contributed by atoms with E-state index in [2.05, 4.69) is 41.8 Å². The molecule has 2 aromatic rings. The van der Waals surface area contributed by atoms with E-state index in [1.54, 1.807) is 6.07 Å². The quantitative estimate of drug-likeness (QED) is 0.729. The van der Waals surface area contributed by atoms with Crippen molar-refractivity contribution >= 4 is 22.6 Å². The number of hydrogen-bond donors (Lipinski definition) is 1. The number of hydrogen-bond acceptors (Lipinski definition) is 2. The van der Waals surface area contributed by atoms with Crippen LogP contribution in [-0.4, -0.2) is 6.54 Å². The molecule has 108 valence electrons. The van der Waals surface area contributed by atoms with Gasteiger partial charge in [0, 0.05) is 9.99 Å². The number of furan rings is 1. The average molecular weight is 387 g/mol. The maximum atomic E-state index is 13.3. The van der Waals surface area contributed by atoms with Crippen molar-refractivity contribution in [2.45, 2.75) is 32.7 Å². The van der Waals surface area contributed by atoms with Crippen LogP contribution in [0.1, 0.15) is 43.4 Å². The van der Waals surface area contributed by atoms with E-state index in [9.17, 15) is 4.39 Å². The van der Waals surface area contributed by atoms with Crippen LogP contribution in [-0.2, 0) is 6.42 Å². The fraction of sp³-hybridized carbons (Fsp3) is 0.375. The Balaban J connectivity index is 2.35. The third-order valence-corrected chi connectivity index (χ3v) is 4.12. The lowest BCUT2D eigenvalue weighted by atomic mass is 10.0. The van der Waals surface area contributed by atoms with Gasteiger partial charge in [0.25, 0.3) is 0 Å². The molecule has 0 aliphatic rings. The molecule has 0 spiro atoms. The molecule has 1 heterocycles. The van der Waals surface area contributed by atoms with Crippen LogP contribution >= 0.6 is 22.6 Å². The summed E-state index contributed by atoms with van der Waals surface area (Å²) >= 11 is 2.17. The molecule has 20 heavy (non-hydrogen) atoms. The highest BCUT2D eigenvalue weighted by Gasteiger charge is 2.19. The number of nitrogens with one attached hydrogen (secondary N) is 1. The summed E-state index contributed by atoms with van der Waals surface area (Å²) in [7, 11) is 0. The summed E-state index contributed by atoms with van der Waals surface area (Å²) in [5.41, 5.74) is 1.05. The van der Waals surface area contributed by atoms with Gasteiger partial charge in [-0.3, -0.25) is 0 Å². The molecule has 0 bridgehead atoms. The molecule has 2 rings (SSSR count). The zero-order chi connectivity index (χ0) is 14.5. The molecule has 1 unspecified atom stereocenters. The highest BCUT2D eigenvalue weighted by Crippen LogP contribution is 2.28. The van der Waals surface area contributed by atoms with Crippen molar-refractivity contribution in [3.8, 4) is 0 Å². The van der Waals surface area contributed by atoms with Crippen molar-refractivity contribution in [2.24, 2.45) is 0 Å². The van der Waals surface area contributed by atoms with Crippen molar-refractivity contribution in [2.75, 3.05) is 6.54 Å². The number of halogens is 2. The van der Waals surface area contributed by atoms with Gasteiger partial charge in [-0.05, 0) is 65.4 Å². The Morgan fingerprint density at radius 1 is 1.25 bits per heavy atom.